The maximum absolute atomic E-state index is 13.2. The molecule has 1 aliphatic heterocycles. The summed E-state index contributed by atoms with van der Waals surface area (Å²) in [6, 6.07) is 1.01. The Bertz CT molecular complexity index is 583. The second kappa shape index (κ2) is 7.50. The molecule has 1 aromatic heterocycles. The van der Waals surface area contributed by atoms with Gasteiger partial charge in [-0.3, -0.25) is 0 Å². The summed E-state index contributed by atoms with van der Waals surface area (Å²) < 4.78 is 39.5. The fourth-order valence-corrected chi connectivity index (χ4v) is 3.19. The lowest BCUT2D eigenvalue weighted by atomic mass is 9.92. The lowest BCUT2D eigenvalue weighted by Gasteiger charge is -2.36. The van der Waals surface area contributed by atoms with Gasteiger partial charge in [-0.2, -0.15) is 18.2 Å². The Labute approximate surface area is 145 Å². The van der Waals surface area contributed by atoms with E-state index >= 15 is 0 Å². The highest BCUT2D eigenvalue weighted by Gasteiger charge is 2.35. The fourth-order valence-electron chi connectivity index (χ4n) is 2.95. The van der Waals surface area contributed by atoms with E-state index < -0.39 is 11.9 Å². The van der Waals surface area contributed by atoms with Gasteiger partial charge in [-0.15, -0.1) is 0 Å². The average Bonchev–Trinajstić information content (AvgIpc) is 2.45. The van der Waals surface area contributed by atoms with Gasteiger partial charge in [0.2, 0.25) is 5.95 Å². The maximum atomic E-state index is 13.2. The zero-order valence-corrected chi connectivity index (χ0v) is 14.8. The van der Waals surface area contributed by atoms with E-state index in [1.807, 2.05) is 11.8 Å². The van der Waals surface area contributed by atoms with Crippen molar-refractivity contribution in [2.45, 2.75) is 33.4 Å². The van der Waals surface area contributed by atoms with Crippen molar-refractivity contribution in [1.82, 2.24) is 15.3 Å². The molecule has 0 aliphatic carbocycles. The molecule has 2 heterocycles. The Morgan fingerprint density at radius 2 is 1.92 bits per heavy atom. The predicted molar refractivity (Wildman–Crippen MR) is 92.1 cm³/mol. The lowest BCUT2D eigenvalue weighted by molar-refractivity contribution is -0.141. The van der Waals surface area contributed by atoms with Crippen molar-refractivity contribution in [2.75, 3.05) is 29.9 Å². The highest BCUT2D eigenvalue weighted by atomic mass is 32.1. The van der Waals surface area contributed by atoms with Gasteiger partial charge >= 0.3 is 6.18 Å². The minimum atomic E-state index is -4.54. The third kappa shape index (κ3) is 4.93. The molecule has 2 atom stereocenters. The summed E-state index contributed by atoms with van der Waals surface area (Å²) in [6.07, 6.45) is -3.48. The van der Waals surface area contributed by atoms with Crippen LogP contribution in [-0.4, -0.2) is 34.7 Å². The van der Waals surface area contributed by atoms with Crippen LogP contribution in [0.15, 0.2) is 6.07 Å². The van der Waals surface area contributed by atoms with Gasteiger partial charge in [-0.1, -0.05) is 13.8 Å². The van der Waals surface area contributed by atoms with Crippen LogP contribution in [0.2, 0.25) is 0 Å². The van der Waals surface area contributed by atoms with Crippen LogP contribution in [-0.2, 0) is 6.18 Å². The summed E-state index contributed by atoms with van der Waals surface area (Å²) >= 11 is 5.01. The molecule has 2 rings (SSSR count). The first-order chi connectivity index (χ1) is 11.2. The third-order valence-corrected chi connectivity index (χ3v) is 4.00. The molecule has 2 N–H and O–H groups in total. The molecule has 0 saturated carbocycles. The van der Waals surface area contributed by atoms with Gasteiger partial charge in [0, 0.05) is 25.7 Å². The number of halogens is 3. The van der Waals surface area contributed by atoms with E-state index in [9.17, 15) is 13.2 Å². The van der Waals surface area contributed by atoms with Crippen molar-refractivity contribution in [2.24, 2.45) is 11.8 Å². The van der Waals surface area contributed by atoms with Crippen LogP contribution in [0.5, 0.6) is 0 Å². The summed E-state index contributed by atoms with van der Waals surface area (Å²) in [5.74, 6) is 0.934. The van der Waals surface area contributed by atoms with E-state index in [1.54, 1.807) is 0 Å². The summed E-state index contributed by atoms with van der Waals surface area (Å²) in [5, 5.41) is 5.64. The molecule has 1 saturated heterocycles. The first kappa shape index (κ1) is 18.7. The first-order valence-electron chi connectivity index (χ1n) is 7.95. The number of alkyl halides is 3. The van der Waals surface area contributed by atoms with Crippen LogP contribution < -0.4 is 15.5 Å². The van der Waals surface area contributed by atoms with E-state index in [1.165, 1.54) is 0 Å². The Hall–Kier alpha value is -1.64. The van der Waals surface area contributed by atoms with Crippen molar-refractivity contribution < 1.29 is 13.2 Å². The molecule has 9 heteroatoms. The van der Waals surface area contributed by atoms with Crippen LogP contribution in [0.1, 0.15) is 32.9 Å². The van der Waals surface area contributed by atoms with E-state index in [0.717, 1.165) is 12.5 Å². The molecule has 0 spiro atoms. The normalized spacial score (nSPS) is 21.5. The Morgan fingerprint density at radius 1 is 1.29 bits per heavy atom. The van der Waals surface area contributed by atoms with Crippen LogP contribution in [0.25, 0.3) is 0 Å². The monoisotopic (exact) mass is 361 g/mol. The minimum absolute atomic E-state index is 0.142. The molecule has 0 amide bonds. The number of piperidine rings is 1. The van der Waals surface area contributed by atoms with Gasteiger partial charge in [0.1, 0.15) is 5.82 Å². The van der Waals surface area contributed by atoms with Crippen molar-refractivity contribution >= 4 is 29.1 Å². The quantitative estimate of drug-likeness (QED) is 0.806. The number of nitrogens with one attached hydrogen (secondary N) is 2. The van der Waals surface area contributed by atoms with Crippen molar-refractivity contribution in [3.8, 4) is 0 Å². The topological polar surface area (TPSA) is 53.1 Å². The highest BCUT2D eigenvalue weighted by molar-refractivity contribution is 7.80. The maximum Gasteiger partial charge on any atom is 0.433 e. The molecule has 24 heavy (non-hydrogen) atoms. The zero-order chi connectivity index (χ0) is 17.9. The molecule has 0 aromatic carbocycles. The Kier molecular flexibility index (Phi) is 5.84. The van der Waals surface area contributed by atoms with Crippen molar-refractivity contribution in [1.29, 1.82) is 0 Å². The smallest absolute Gasteiger partial charge is 0.363 e. The molecular formula is C15H22F3N5S. The van der Waals surface area contributed by atoms with Crippen molar-refractivity contribution in [3.05, 3.63) is 11.8 Å². The summed E-state index contributed by atoms with van der Waals surface area (Å²) in [4.78, 5) is 9.68. The number of nitrogens with zero attached hydrogens (tertiary/aromatic N) is 3. The standard InChI is InChI=1S/C15H22F3N5S/c1-4-19-14(24)22-13-20-11(15(16,17)18)6-12(21-13)23-7-9(2)5-10(3)8-23/h6,9-10H,4-5,7-8H2,1-3H3,(H2,19,20,21,22,24)/t9-,10+. The van der Waals surface area contributed by atoms with Gasteiger partial charge in [-0.25, -0.2) is 4.98 Å². The second-order valence-electron chi connectivity index (χ2n) is 6.27. The number of hydrogen-bond donors (Lipinski definition) is 2. The average molecular weight is 361 g/mol. The molecule has 134 valence electrons. The van der Waals surface area contributed by atoms with Crippen LogP contribution in [0.3, 0.4) is 0 Å². The van der Waals surface area contributed by atoms with Gasteiger partial charge in [-0.05, 0) is 37.4 Å². The number of hydrogen-bond acceptors (Lipinski definition) is 4. The number of thiocarbonyl (C=S) groups is 1. The summed E-state index contributed by atoms with van der Waals surface area (Å²) in [6.45, 7) is 7.93. The lowest BCUT2D eigenvalue weighted by Crippen LogP contribution is -2.39. The molecule has 0 unspecified atom stereocenters. The molecular weight excluding hydrogens is 339 g/mol. The Balaban J connectivity index is 2.34. The third-order valence-electron chi connectivity index (χ3n) is 3.76. The van der Waals surface area contributed by atoms with Crippen LogP contribution in [0, 0.1) is 11.8 Å². The van der Waals surface area contributed by atoms with E-state index in [-0.39, 0.29) is 16.9 Å². The van der Waals surface area contributed by atoms with E-state index in [0.29, 0.717) is 31.5 Å². The fraction of sp³-hybridized carbons (Fsp3) is 0.667. The number of rotatable bonds is 3. The summed E-state index contributed by atoms with van der Waals surface area (Å²) in [7, 11) is 0. The van der Waals surface area contributed by atoms with Crippen LogP contribution in [0.4, 0.5) is 24.9 Å². The van der Waals surface area contributed by atoms with Crippen molar-refractivity contribution in [3.63, 3.8) is 0 Å². The molecule has 0 bridgehead atoms. The van der Waals surface area contributed by atoms with Gasteiger partial charge < -0.3 is 15.5 Å². The summed E-state index contributed by atoms with van der Waals surface area (Å²) in [5.41, 5.74) is -0.972. The highest BCUT2D eigenvalue weighted by Crippen LogP contribution is 2.32. The Morgan fingerprint density at radius 3 is 2.46 bits per heavy atom. The SMILES string of the molecule is CCNC(=S)Nc1nc(N2C[C@H](C)C[C@H](C)C2)cc(C(F)(F)F)n1. The van der Waals surface area contributed by atoms with Gasteiger partial charge in [0.25, 0.3) is 0 Å². The molecule has 0 radical (unpaired) electrons. The molecule has 5 nitrogen and oxygen atoms in total. The number of anilines is 2. The minimum Gasteiger partial charge on any atom is -0.363 e. The van der Waals surface area contributed by atoms with E-state index in [4.69, 9.17) is 12.2 Å². The molecule has 1 fully saturated rings. The second-order valence-corrected chi connectivity index (χ2v) is 6.68. The van der Waals surface area contributed by atoms with Crippen LogP contribution >= 0.6 is 12.2 Å². The van der Waals surface area contributed by atoms with Gasteiger partial charge in [0.15, 0.2) is 10.8 Å². The molecule has 1 aromatic rings. The zero-order valence-electron chi connectivity index (χ0n) is 13.9. The predicted octanol–water partition coefficient (Wildman–Crippen LogP) is 3.28. The first-order valence-corrected chi connectivity index (χ1v) is 8.36. The van der Waals surface area contributed by atoms with E-state index in [2.05, 4.69) is 34.4 Å². The number of aromatic nitrogens is 2. The van der Waals surface area contributed by atoms with Gasteiger partial charge in [0.05, 0.1) is 0 Å². The largest absolute Gasteiger partial charge is 0.433 e. The molecule has 1 aliphatic rings.